The number of aromatic hydroxyl groups is 1. The Kier molecular flexibility index (Phi) is 3.34. The van der Waals surface area contributed by atoms with Crippen LogP contribution in [0.5, 0.6) is 5.75 Å². The van der Waals surface area contributed by atoms with E-state index in [1.807, 2.05) is 48.7 Å². The van der Waals surface area contributed by atoms with Gasteiger partial charge in [0.05, 0.1) is 6.54 Å². The lowest BCUT2D eigenvalue weighted by Gasteiger charge is -1.95. The second kappa shape index (κ2) is 5.12. The monoisotopic (exact) mass is 211 g/mol. The van der Waals surface area contributed by atoms with E-state index in [0.717, 1.165) is 5.56 Å². The minimum atomic E-state index is 0.278. The van der Waals surface area contributed by atoms with E-state index in [0.29, 0.717) is 6.54 Å². The molecule has 0 radical (unpaired) electrons. The lowest BCUT2D eigenvalue weighted by atomic mass is 10.2. The van der Waals surface area contributed by atoms with Crippen LogP contribution >= 0.6 is 0 Å². The van der Waals surface area contributed by atoms with Crippen LogP contribution in [0.25, 0.3) is 0 Å². The standard InChI is InChI=1S/C14H13NO/c16-14-8-6-13(7-9-14)11-15-10-12-4-2-1-3-5-12/h1-9,11,16H,10H2/b15-11+. The van der Waals surface area contributed by atoms with Crippen LogP contribution in [0.2, 0.25) is 0 Å². The Morgan fingerprint density at radius 1 is 0.938 bits per heavy atom. The zero-order valence-electron chi connectivity index (χ0n) is 8.88. The molecule has 2 nitrogen and oxygen atoms in total. The SMILES string of the molecule is Oc1ccc(/C=N/Cc2ccccc2)cc1. The van der Waals surface area contributed by atoms with Gasteiger partial charge in [0.25, 0.3) is 0 Å². The third-order valence-corrected chi connectivity index (χ3v) is 2.25. The molecule has 0 aliphatic carbocycles. The summed E-state index contributed by atoms with van der Waals surface area (Å²) in [7, 11) is 0. The van der Waals surface area contributed by atoms with Gasteiger partial charge >= 0.3 is 0 Å². The van der Waals surface area contributed by atoms with E-state index in [1.54, 1.807) is 12.1 Å². The first-order valence-electron chi connectivity index (χ1n) is 5.17. The highest BCUT2D eigenvalue weighted by molar-refractivity contribution is 5.79. The maximum atomic E-state index is 9.12. The second-order valence-electron chi connectivity index (χ2n) is 3.55. The van der Waals surface area contributed by atoms with E-state index in [4.69, 9.17) is 5.11 Å². The molecule has 0 saturated carbocycles. The molecule has 0 bridgehead atoms. The molecule has 2 aromatic carbocycles. The molecule has 0 fully saturated rings. The van der Waals surface area contributed by atoms with Gasteiger partial charge in [0, 0.05) is 6.21 Å². The summed E-state index contributed by atoms with van der Waals surface area (Å²) in [5.74, 6) is 0.278. The molecule has 0 aliphatic rings. The lowest BCUT2D eigenvalue weighted by molar-refractivity contribution is 0.475. The maximum Gasteiger partial charge on any atom is 0.115 e. The maximum absolute atomic E-state index is 9.12. The molecule has 16 heavy (non-hydrogen) atoms. The van der Waals surface area contributed by atoms with Crippen molar-refractivity contribution in [3.63, 3.8) is 0 Å². The first-order chi connectivity index (χ1) is 7.84. The highest BCUT2D eigenvalue weighted by Crippen LogP contribution is 2.08. The van der Waals surface area contributed by atoms with Crippen LogP contribution in [0, 0.1) is 0 Å². The Morgan fingerprint density at radius 2 is 1.62 bits per heavy atom. The summed E-state index contributed by atoms with van der Waals surface area (Å²) in [6, 6.07) is 17.1. The fourth-order valence-corrected chi connectivity index (χ4v) is 1.40. The molecule has 0 amide bonds. The van der Waals surface area contributed by atoms with Crippen molar-refractivity contribution in [1.82, 2.24) is 0 Å². The van der Waals surface area contributed by atoms with E-state index >= 15 is 0 Å². The van der Waals surface area contributed by atoms with Crippen molar-refractivity contribution in [2.24, 2.45) is 4.99 Å². The van der Waals surface area contributed by atoms with Crippen molar-refractivity contribution < 1.29 is 5.11 Å². The third-order valence-electron chi connectivity index (χ3n) is 2.25. The number of phenolic OH excluding ortho intramolecular Hbond substituents is 1. The predicted octanol–water partition coefficient (Wildman–Crippen LogP) is 3.01. The summed E-state index contributed by atoms with van der Waals surface area (Å²) in [5, 5.41) is 9.12. The molecular formula is C14H13NO. The Hall–Kier alpha value is -2.09. The van der Waals surface area contributed by atoms with Gasteiger partial charge in [-0.3, -0.25) is 4.99 Å². The Morgan fingerprint density at radius 3 is 2.31 bits per heavy atom. The van der Waals surface area contributed by atoms with Gasteiger partial charge in [-0.1, -0.05) is 30.3 Å². The van der Waals surface area contributed by atoms with Crippen molar-refractivity contribution in [2.75, 3.05) is 0 Å². The highest BCUT2D eigenvalue weighted by Gasteiger charge is 1.89. The molecule has 1 N–H and O–H groups in total. The number of aliphatic imine (C=N–C) groups is 1. The molecular weight excluding hydrogens is 198 g/mol. The van der Waals surface area contributed by atoms with E-state index in [2.05, 4.69) is 4.99 Å². The minimum Gasteiger partial charge on any atom is -0.508 e. The van der Waals surface area contributed by atoms with Gasteiger partial charge in [0.15, 0.2) is 0 Å². The van der Waals surface area contributed by atoms with Gasteiger partial charge in [-0.25, -0.2) is 0 Å². The molecule has 0 heterocycles. The highest BCUT2D eigenvalue weighted by atomic mass is 16.3. The molecule has 80 valence electrons. The molecule has 0 aliphatic heterocycles. The van der Waals surface area contributed by atoms with Gasteiger partial charge in [-0.05, 0) is 35.4 Å². The van der Waals surface area contributed by atoms with Gasteiger partial charge in [0.1, 0.15) is 5.75 Å². The van der Waals surface area contributed by atoms with Gasteiger partial charge in [0.2, 0.25) is 0 Å². The minimum absolute atomic E-state index is 0.278. The average Bonchev–Trinajstić information content (AvgIpc) is 2.33. The molecule has 0 atom stereocenters. The van der Waals surface area contributed by atoms with Gasteiger partial charge in [-0.2, -0.15) is 0 Å². The predicted molar refractivity (Wildman–Crippen MR) is 65.8 cm³/mol. The Balaban J connectivity index is 1.98. The largest absolute Gasteiger partial charge is 0.508 e. The third kappa shape index (κ3) is 2.95. The van der Waals surface area contributed by atoms with Gasteiger partial charge in [-0.15, -0.1) is 0 Å². The van der Waals surface area contributed by atoms with Crippen molar-refractivity contribution in [1.29, 1.82) is 0 Å². The smallest absolute Gasteiger partial charge is 0.115 e. The van der Waals surface area contributed by atoms with Crippen LogP contribution in [-0.4, -0.2) is 11.3 Å². The lowest BCUT2D eigenvalue weighted by Crippen LogP contribution is -1.83. The first kappa shape index (κ1) is 10.4. The fraction of sp³-hybridized carbons (Fsp3) is 0.0714. The number of phenols is 1. The zero-order chi connectivity index (χ0) is 11.2. The van der Waals surface area contributed by atoms with Crippen LogP contribution in [-0.2, 0) is 6.54 Å². The summed E-state index contributed by atoms with van der Waals surface area (Å²) in [4.78, 5) is 4.33. The van der Waals surface area contributed by atoms with Crippen LogP contribution in [0.3, 0.4) is 0 Å². The average molecular weight is 211 g/mol. The van der Waals surface area contributed by atoms with Gasteiger partial charge < -0.3 is 5.11 Å². The van der Waals surface area contributed by atoms with Crippen molar-refractivity contribution in [2.45, 2.75) is 6.54 Å². The zero-order valence-corrected chi connectivity index (χ0v) is 8.88. The summed E-state index contributed by atoms with van der Waals surface area (Å²) < 4.78 is 0. The first-order valence-corrected chi connectivity index (χ1v) is 5.17. The second-order valence-corrected chi connectivity index (χ2v) is 3.55. The Bertz CT molecular complexity index is 460. The molecule has 2 rings (SSSR count). The number of hydrogen-bond donors (Lipinski definition) is 1. The van der Waals surface area contributed by atoms with Crippen LogP contribution in [0.4, 0.5) is 0 Å². The number of rotatable bonds is 3. The fourth-order valence-electron chi connectivity index (χ4n) is 1.40. The molecule has 2 aromatic rings. The van der Waals surface area contributed by atoms with Crippen LogP contribution in [0.1, 0.15) is 11.1 Å². The van der Waals surface area contributed by atoms with Crippen LogP contribution in [0.15, 0.2) is 59.6 Å². The quantitative estimate of drug-likeness (QED) is 0.778. The van der Waals surface area contributed by atoms with E-state index in [-0.39, 0.29) is 5.75 Å². The summed E-state index contributed by atoms with van der Waals surface area (Å²) >= 11 is 0. The molecule has 0 saturated heterocycles. The summed E-state index contributed by atoms with van der Waals surface area (Å²) in [5.41, 5.74) is 2.19. The molecule has 0 unspecified atom stereocenters. The van der Waals surface area contributed by atoms with E-state index in [1.165, 1.54) is 5.56 Å². The number of nitrogens with zero attached hydrogens (tertiary/aromatic N) is 1. The molecule has 2 heteroatoms. The number of hydrogen-bond acceptors (Lipinski definition) is 2. The molecule has 0 aromatic heterocycles. The molecule has 0 spiro atoms. The Labute approximate surface area is 94.9 Å². The normalized spacial score (nSPS) is 10.8. The number of benzene rings is 2. The summed E-state index contributed by atoms with van der Waals surface area (Å²) in [6.07, 6.45) is 1.81. The van der Waals surface area contributed by atoms with E-state index in [9.17, 15) is 0 Å². The van der Waals surface area contributed by atoms with Crippen molar-refractivity contribution >= 4 is 6.21 Å². The van der Waals surface area contributed by atoms with Crippen LogP contribution < -0.4 is 0 Å². The van der Waals surface area contributed by atoms with Crippen molar-refractivity contribution in [3.05, 3.63) is 65.7 Å². The van der Waals surface area contributed by atoms with Crippen molar-refractivity contribution in [3.8, 4) is 5.75 Å². The van der Waals surface area contributed by atoms with E-state index < -0.39 is 0 Å². The summed E-state index contributed by atoms with van der Waals surface area (Å²) in [6.45, 7) is 0.682. The topological polar surface area (TPSA) is 32.6 Å².